The van der Waals surface area contributed by atoms with Crippen LogP contribution in [-0.2, 0) is 17.8 Å². The van der Waals surface area contributed by atoms with Crippen LogP contribution < -0.4 is 10.6 Å². The van der Waals surface area contributed by atoms with Gasteiger partial charge in [0.1, 0.15) is 0 Å². The van der Waals surface area contributed by atoms with Crippen molar-refractivity contribution in [1.29, 1.82) is 0 Å². The summed E-state index contributed by atoms with van der Waals surface area (Å²) in [7, 11) is 0. The molecule has 1 atom stereocenters. The molecular formula is C16H20N2OS. The number of nitrogens with one attached hydrogen (secondary N) is 2. The van der Waals surface area contributed by atoms with E-state index in [0.29, 0.717) is 5.92 Å². The van der Waals surface area contributed by atoms with Gasteiger partial charge in [-0.05, 0) is 29.4 Å². The molecule has 0 fully saturated rings. The first-order chi connectivity index (χ1) is 9.65. The summed E-state index contributed by atoms with van der Waals surface area (Å²) in [5.41, 5.74) is 1.36. The fraction of sp³-hybridized carbons (Fsp3) is 0.438. The molecule has 0 saturated carbocycles. The van der Waals surface area contributed by atoms with Crippen molar-refractivity contribution in [3.05, 3.63) is 34.7 Å². The number of hydrogen-bond acceptors (Lipinski definition) is 3. The summed E-state index contributed by atoms with van der Waals surface area (Å²) in [6.45, 7) is 5.76. The maximum absolute atomic E-state index is 12.2. The molecule has 1 aromatic carbocycles. The van der Waals surface area contributed by atoms with Gasteiger partial charge < -0.3 is 10.6 Å². The molecule has 0 bridgehead atoms. The minimum Gasteiger partial charge on any atom is -0.354 e. The fourth-order valence-electron chi connectivity index (χ4n) is 2.62. The average Bonchev–Trinajstić information content (AvgIpc) is 2.82. The minimum absolute atomic E-state index is 0.0979. The Morgan fingerprint density at radius 2 is 2.25 bits per heavy atom. The van der Waals surface area contributed by atoms with E-state index < -0.39 is 0 Å². The van der Waals surface area contributed by atoms with Gasteiger partial charge in [-0.3, -0.25) is 4.79 Å². The van der Waals surface area contributed by atoms with Crippen LogP contribution in [0, 0.1) is 5.92 Å². The average molecular weight is 288 g/mol. The predicted octanol–water partition coefficient (Wildman–Crippen LogP) is 2.69. The normalized spacial score (nSPS) is 18.2. The Bertz CT molecular complexity index is 632. The summed E-state index contributed by atoms with van der Waals surface area (Å²) in [4.78, 5) is 13.6. The van der Waals surface area contributed by atoms with E-state index in [0.717, 1.165) is 19.5 Å². The lowest BCUT2D eigenvalue weighted by molar-refractivity contribution is -0.123. The van der Waals surface area contributed by atoms with Gasteiger partial charge in [0.05, 0.1) is 6.04 Å². The number of fused-ring (bicyclic) bond motifs is 3. The number of rotatable bonds is 3. The molecule has 106 valence electrons. The summed E-state index contributed by atoms with van der Waals surface area (Å²) >= 11 is 1.84. The molecule has 1 aromatic heterocycles. The van der Waals surface area contributed by atoms with E-state index in [-0.39, 0.29) is 11.9 Å². The molecule has 2 aromatic rings. The number of carbonyl (C=O) groups excluding carboxylic acids is 1. The summed E-state index contributed by atoms with van der Waals surface area (Å²) in [5.74, 6) is 0.611. The maximum atomic E-state index is 12.2. The SMILES string of the molecule is CC(C)CNC(=O)[C@H]1Cc2c(sc3ccccc23)CN1. The van der Waals surface area contributed by atoms with Crippen molar-refractivity contribution in [3.8, 4) is 0 Å². The minimum atomic E-state index is -0.0979. The molecule has 0 radical (unpaired) electrons. The van der Waals surface area contributed by atoms with Crippen molar-refractivity contribution in [2.24, 2.45) is 5.92 Å². The highest BCUT2D eigenvalue weighted by molar-refractivity contribution is 7.19. The Labute approximate surface area is 123 Å². The Morgan fingerprint density at radius 1 is 1.45 bits per heavy atom. The second-order valence-electron chi connectivity index (χ2n) is 5.78. The second kappa shape index (κ2) is 5.54. The lowest BCUT2D eigenvalue weighted by Crippen LogP contribution is -2.48. The third-order valence-electron chi connectivity index (χ3n) is 3.70. The number of amides is 1. The highest BCUT2D eigenvalue weighted by atomic mass is 32.1. The summed E-state index contributed by atoms with van der Waals surface area (Å²) in [5, 5.41) is 7.70. The largest absolute Gasteiger partial charge is 0.354 e. The zero-order valence-corrected chi connectivity index (χ0v) is 12.7. The van der Waals surface area contributed by atoms with Crippen LogP contribution >= 0.6 is 11.3 Å². The van der Waals surface area contributed by atoms with E-state index in [4.69, 9.17) is 0 Å². The van der Waals surface area contributed by atoms with Crippen molar-refractivity contribution in [3.63, 3.8) is 0 Å². The molecular weight excluding hydrogens is 268 g/mol. The van der Waals surface area contributed by atoms with E-state index in [9.17, 15) is 4.79 Å². The number of thiophene rings is 1. The third kappa shape index (κ3) is 2.58. The van der Waals surface area contributed by atoms with Gasteiger partial charge in [0, 0.05) is 22.7 Å². The Morgan fingerprint density at radius 3 is 3.05 bits per heavy atom. The van der Waals surface area contributed by atoms with Crippen LogP contribution in [0.3, 0.4) is 0 Å². The molecule has 0 unspecified atom stereocenters. The van der Waals surface area contributed by atoms with Crippen molar-refractivity contribution >= 4 is 27.3 Å². The zero-order valence-electron chi connectivity index (χ0n) is 11.9. The van der Waals surface area contributed by atoms with Gasteiger partial charge in [-0.1, -0.05) is 32.0 Å². The van der Waals surface area contributed by atoms with Gasteiger partial charge in [-0.15, -0.1) is 11.3 Å². The monoisotopic (exact) mass is 288 g/mol. The van der Waals surface area contributed by atoms with Crippen LogP contribution in [0.2, 0.25) is 0 Å². The quantitative estimate of drug-likeness (QED) is 0.912. The van der Waals surface area contributed by atoms with E-state index in [1.165, 1.54) is 20.5 Å². The van der Waals surface area contributed by atoms with Gasteiger partial charge in [0.2, 0.25) is 5.91 Å². The standard InChI is InChI=1S/C16H20N2OS/c1-10(2)8-18-16(19)13-7-12-11-5-3-4-6-14(11)20-15(12)9-17-13/h3-6,10,13,17H,7-9H2,1-2H3,(H,18,19)/t13-/m1/s1. The first kappa shape index (κ1) is 13.6. The zero-order chi connectivity index (χ0) is 14.1. The van der Waals surface area contributed by atoms with Gasteiger partial charge in [-0.2, -0.15) is 0 Å². The first-order valence-electron chi connectivity index (χ1n) is 7.15. The fourth-order valence-corrected chi connectivity index (χ4v) is 3.81. The van der Waals surface area contributed by atoms with E-state index in [1.54, 1.807) is 0 Å². The molecule has 3 rings (SSSR count). The summed E-state index contributed by atoms with van der Waals surface area (Å²) in [6.07, 6.45) is 0.795. The topological polar surface area (TPSA) is 41.1 Å². The molecule has 0 saturated heterocycles. The molecule has 1 aliphatic heterocycles. The highest BCUT2D eigenvalue weighted by Gasteiger charge is 2.26. The Hall–Kier alpha value is -1.39. The van der Waals surface area contributed by atoms with Crippen LogP contribution in [0.25, 0.3) is 10.1 Å². The third-order valence-corrected chi connectivity index (χ3v) is 4.91. The number of benzene rings is 1. The highest BCUT2D eigenvalue weighted by Crippen LogP contribution is 2.34. The molecule has 2 N–H and O–H groups in total. The van der Waals surface area contributed by atoms with E-state index in [1.807, 2.05) is 11.3 Å². The second-order valence-corrected chi connectivity index (χ2v) is 6.91. The molecule has 3 nitrogen and oxygen atoms in total. The molecule has 1 aliphatic rings. The molecule has 20 heavy (non-hydrogen) atoms. The molecule has 0 spiro atoms. The van der Waals surface area contributed by atoms with Gasteiger partial charge in [0.25, 0.3) is 0 Å². The van der Waals surface area contributed by atoms with Gasteiger partial charge in [0.15, 0.2) is 0 Å². The van der Waals surface area contributed by atoms with Gasteiger partial charge >= 0.3 is 0 Å². The van der Waals surface area contributed by atoms with Crippen LogP contribution in [0.4, 0.5) is 0 Å². The summed E-state index contributed by atoms with van der Waals surface area (Å²) < 4.78 is 1.32. The van der Waals surface area contributed by atoms with Crippen molar-refractivity contribution in [2.75, 3.05) is 6.54 Å². The molecule has 0 aliphatic carbocycles. The van der Waals surface area contributed by atoms with E-state index >= 15 is 0 Å². The van der Waals surface area contributed by atoms with Crippen molar-refractivity contribution < 1.29 is 4.79 Å². The van der Waals surface area contributed by atoms with Crippen LogP contribution in [-0.4, -0.2) is 18.5 Å². The maximum Gasteiger partial charge on any atom is 0.237 e. The van der Waals surface area contributed by atoms with Crippen LogP contribution in [0.15, 0.2) is 24.3 Å². The van der Waals surface area contributed by atoms with Gasteiger partial charge in [-0.25, -0.2) is 0 Å². The first-order valence-corrected chi connectivity index (χ1v) is 7.97. The lowest BCUT2D eigenvalue weighted by atomic mass is 9.98. The van der Waals surface area contributed by atoms with Crippen molar-refractivity contribution in [1.82, 2.24) is 10.6 Å². The number of hydrogen-bond donors (Lipinski definition) is 2. The molecule has 2 heterocycles. The predicted molar refractivity (Wildman–Crippen MR) is 84.0 cm³/mol. The molecule has 4 heteroatoms. The van der Waals surface area contributed by atoms with Crippen LogP contribution in [0.1, 0.15) is 24.3 Å². The smallest absolute Gasteiger partial charge is 0.237 e. The molecule has 1 amide bonds. The Balaban J connectivity index is 1.79. The summed E-state index contributed by atoms with van der Waals surface area (Å²) in [6, 6.07) is 8.38. The lowest BCUT2D eigenvalue weighted by Gasteiger charge is -2.23. The van der Waals surface area contributed by atoms with Crippen LogP contribution in [0.5, 0.6) is 0 Å². The van der Waals surface area contributed by atoms with E-state index in [2.05, 4.69) is 48.7 Å². The Kier molecular flexibility index (Phi) is 3.76. The number of carbonyl (C=O) groups is 1. The van der Waals surface area contributed by atoms with Crippen molar-refractivity contribution in [2.45, 2.75) is 32.9 Å².